The Kier molecular flexibility index (Phi) is 5.57. The number of carboxylic acid groups (broad SMARTS) is 1. The van der Waals surface area contributed by atoms with E-state index in [0.29, 0.717) is 13.0 Å². The highest BCUT2D eigenvalue weighted by atomic mass is 16.4. The van der Waals surface area contributed by atoms with E-state index in [1.54, 1.807) is 0 Å². The van der Waals surface area contributed by atoms with Gasteiger partial charge in [-0.25, -0.2) is 0 Å². The highest BCUT2D eigenvalue weighted by Gasteiger charge is 2.39. The topological polar surface area (TPSA) is 78.4 Å². The van der Waals surface area contributed by atoms with Crippen molar-refractivity contribution >= 4 is 11.9 Å². The average Bonchev–Trinajstić information content (AvgIpc) is 2.82. The van der Waals surface area contributed by atoms with Crippen molar-refractivity contribution in [2.45, 2.75) is 47.0 Å². The van der Waals surface area contributed by atoms with Crippen LogP contribution in [0.1, 0.15) is 47.0 Å². The van der Waals surface area contributed by atoms with Crippen molar-refractivity contribution in [2.24, 2.45) is 16.7 Å². The lowest BCUT2D eigenvalue weighted by Crippen LogP contribution is -2.45. The second-order valence-corrected chi connectivity index (χ2v) is 7.07. The first kappa shape index (κ1) is 17.0. The third-order valence-corrected chi connectivity index (χ3v) is 4.12. The van der Waals surface area contributed by atoms with Crippen molar-refractivity contribution in [1.82, 2.24) is 10.6 Å². The number of carboxylic acids is 1. The van der Waals surface area contributed by atoms with E-state index in [1.807, 2.05) is 27.7 Å². The molecular formula is C15H28N2O3. The fourth-order valence-corrected chi connectivity index (χ4v) is 2.79. The number of aliphatic carboxylic acids is 1. The lowest BCUT2D eigenvalue weighted by molar-refractivity contribution is -0.143. The smallest absolute Gasteiger partial charge is 0.308 e. The van der Waals surface area contributed by atoms with Crippen molar-refractivity contribution in [3.8, 4) is 0 Å². The molecule has 0 saturated carbocycles. The van der Waals surface area contributed by atoms with Crippen LogP contribution < -0.4 is 10.6 Å². The molecule has 1 heterocycles. The fraction of sp³-hybridized carbons (Fsp3) is 0.867. The first-order chi connectivity index (χ1) is 9.20. The van der Waals surface area contributed by atoms with E-state index < -0.39 is 11.9 Å². The van der Waals surface area contributed by atoms with Gasteiger partial charge in [0.05, 0.1) is 11.3 Å². The molecule has 1 aliphatic rings. The number of amides is 1. The summed E-state index contributed by atoms with van der Waals surface area (Å²) in [7, 11) is 0. The van der Waals surface area contributed by atoms with E-state index in [9.17, 15) is 14.7 Å². The Balaban J connectivity index is 2.59. The number of carbonyl (C=O) groups excluding carboxylic acids is 1. The Bertz CT molecular complexity index is 355. The van der Waals surface area contributed by atoms with Gasteiger partial charge in [0, 0.05) is 13.1 Å². The second-order valence-electron chi connectivity index (χ2n) is 7.07. The Labute approximate surface area is 121 Å². The summed E-state index contributed by atoms with van der Waals surface area (Å²) in [5, 5.41) is 15.3. The molecule has 5 nitrogen and oxygen atoms in total. The Morgan fingerprint density at radius 1 is 1.40 bits per heavy atom. The van der Waals surface area contributed by atoms with E-state index in [2.05, 4.69) is 10.6 Å². The van der Waals surface area contributed by atoms with Crippen molar-refractivity contribution in [3.05, 3.63) is 0 Å². The van der Waals surface area contributed by atoms with Gasteiger partial charge in [-0.2, -0.15) is 0 Å². The predicted octanol–water partition coefficient (Wildman–Crippen LogP) is 1.63. The van der Waals surface area contributed by atoms with Crippen LogP contribution in [0.5, 0.6) is 0 Å². The molecular weight excluding hydrogens is 256 g/mol. The highest BCUT2D eigenvalue weighted by Crippen LogP contribution is 2.30. The van der Waals surface area contributed by atoms with Crippen molar-refractivity contribution < 1.29 is 14.7 Å². The van der Waals surface area contributed by atoms with Crippen LogP contribution >= 0.6 is 0 Å². The van der Waals surface area contributed by atoms with Gasteiger partial charge in [-0.15, -0.1) is 0 Å². The lowest BCUT2D eigenvalue weighted by Gasteiger charge is -2.28. The molecule has 2 atom stereocenters. The maximum atomic E-state index is 12.3. The van der Waals surface area contributed by atoms with E-state index in [0.717, 1.165) is 19.4 Å². The molecule has 1 rings (SSSR count). The SMILES string of the molecule is CCC1(C(=O)NCC(CC(C)(C)C)C(=O)O)CCNC1. The van der Waals surface area contributed by atoms with Crippen LogP contribution in [-0.2, 0) is 9.59 Å². The molecule has 0 aromatic heterocycles. The van der Waals surface area contributed by atoms with Crippen LogP contribution in [0.3, 0.4) is 0 Å². The van der Waals surface area contributed by atoms with E-state index in [4.69, 9.17) is 0 Å². The van der Waals surface area contributed by atoms with Gasteiger partial charge in [-0.3, -0.25) is 9.59 Å². The number of nitrogens with one attached hydrogen (secondary N) is 2. The number of rotatable bonds is 6. The Morgan fingerprint density at radius 3 is 2.45 bits per heavy atom. The zero-order chi connectivity index (χ0) is 15.4. The monoisotopic (exact) mass is 284 g/mol. The van der Waals surface area contributed by atoms with Crippen LogP contribution in [0.25, 0.3) is 0 Å². The molecule has 0 spiro atoms. The normalized spacial score (nSPS) is 24.4. The van der Waals surface area contributed by atoms with Crippen LogP contribution in [0.2, 0.25) is 0 Å². The molecule has 1 fully saturated rings. The zero-order valence-corrected chi connectivity index (χ0v) is 13.1. The van der Waals surface area contributed by atoms with Gasteiger partial charge in [0.15, 0.2) is 0 Å². The molecule has 3 N–H and O–H groups in total. The van der Waals surface area contributed by atoms with Crippen LogP contribution in [0.15, 0.2) is 0 Å². The average molecular weight is 284 g/mol. The van der Waals surface area contributed by atoms with Gasteiger partial charge >= 0.3 is 5.97 Å². The summed E-state index contributed by atoms with van der Waals surface area (Å²) in [5.74, 6) is -1.37. The largest absolute Gasteiger partial charge is 0.481 e. The van der Waals surface area contributed by atoms with E-state index in [1.165, 1.54) is 0 Å². The third kappa shape index (κ3) is 4.47. The summed E-state index contributed by atoms with van der Waals surface area (Å²) in [5.41, 5.74) is -0.421. The quantitative estimate of drug-likeness (QED) is 0.692. The van der Waals surface area contributed by atoms with Gasteiger partial charge in [0.2, 0.25) is 5.91 Å². The van der Waals surface area contributed by atoms with E-state index >= 15 is 0 Å². The summed E-state index contributed by atoms with van der Waals surface area (Å²) in [6, 6.07) is 0. The first-order valence-corrected chi connectivity index (χ1v) is 7.42. The summed E-state index contributed by atoms with van der Waals surface area (Å²) in [6.07, 6.45) is 2.16. The molecule has 0 radical (unpaired) electrons. The Hall–Kier alpha value is -1.10. The molecule has 5 heteroatoms. The standard InChI is InChI=1S/C15H28N2O3/c1-5-15(6-7-16-10-15)13(20)17-9-11(12(18)19)8-14(2,3)4/h11,16H,5-10H2,1-4H3,(H,17,20)(H,18,19). The molecule has 1 saturated heterocycles. The molecule has 116 valence electrons. The van der Waals surface area contributed by atoms with Crippen molar-refractivity contribution in [1.29, 1.82) is 0 Å². The minimum absolute atomic E-state index is 0.00911. The molecule has 0 aromatic carbocycles. The molecule has 0 aromatic rings. The highest BCUT2D eigenvalue weighted by molar-refractivity contribution is 5.83. The molecule has 2 unspecified atom stereocenters. The molecule has 0 aliphatic carbocycles. The Morgan fingerprint density at radius 2 is 2.05 bits per heavy atom. The third-order valence-electron chi connectivity index (χ3n) is 4.12. The summed E-state index contributed by atoms with van der Waals surface area (Å²) >= 11 is 0. The maximum absolute atomic E-state index is 12.3. The minimum Gasteiger partial charge on any atom is -0.481 e. The summed E-state index contributed by atoms with van der Waals surface area (Å²) < 4.78 is 0. The summed E-state index contributed by atoms with van der Waals surface area (Å²) in [4.78, 5) is 23.6. The minimum atomic E-state index is -0.838. The molecule has 0 bridgehead atoms. The molecule has 20 heavy (non-hydrogen) atoms. The predicted molar refractivity (Wildman–Crippen MR) is 78.4 cm³/mol. The van der Waals surface area contributed by atoms with Gasteiger partial charge in [0.1, 0.15) is 0 Å². The number of hydrogen-bond donors (Lipinski definition) is 3. The maximum Gasteiger partial charge on any atom is 0.308 e. The van der Waals surface area contributed by atoms with Crippen molar-refractivity contribution in [3.63, 3.8) is 0 Å². The van der Waals surface area contributed by atoms with Crippen LogP contribution in [0, 0.1) is 16.7 Å². The zero-order valence-electron chi connectivity index (χ0n) is 13.1. The number of carbonyl (C=O) groups is 2. The van der Waals surface area contributed by atoms with Crippen LogP contribution in [-0.4, -0.2) is 36.6 Å². The van der Waals surface area contributed by atoms with Crippen LogP contribution in [0.4, 0.5) is 0 Å². The fourth-order valence-electron chi connectivity index (χ4n) is 2.79. The lowest BCUT2D eigenvalue weighted by atomic mass is 9.82. The second kappa shape index (κ2) is 6.57. The van der Waals surface area contributed by atoms with E-state index in [-0.39, 0.29) is 23.3 Å². The van der Waals surface area contributed by atoms with Gasteiger partial charge in [0.25, 0.3) is 0 Å². The van der Waals surface area contributed by atoms with Gasteiger partial charge in [-0.1, -0.05) is 27.7 Å². The first-order valence-electron chi connectivity index (χ1n) is 7.42. The van der Waals surface area contributed by atoms with Gasteiger partial charge < -0.3 is 15.7 Å². The van der Waals surface area contributed by atoms with Gasteiger partial charge in [-0.05, 0) is 31.2 Å². The van der Waals surface area contributed by atoms with Crippen molar-refractivity contribution in [2.75, 3.05) is 19.6 Å². The summed E-state index contributed by atoms with van der Waals surface area (Å²) in [6.45, 7) is 9.80. The number of hydrogen-bond acceptors (Lipinski definition) is 3. The molecule has 1 aliphatic heterocycles. The molecule has 1 amide bonds.